The highest BCUT2D eigenvalue weighted by Crippen LogP contribution is 2.31. The fraction of sp³-hybridized carbons (Fsp3) is 0.0833. The Labute approximate surface area is 135 Å². The number of hydrogen-bond donors (Lipinski definition) is 2. The Kier molecular flexibility index (Phi) is 4.48. The van der Waals surface area contributed by atoms with Crippen LogP contribution >= 0.6 is 39.5 Å². The Morgan fingerprint density at radius 3 is 2.40 bits per heavy atom. The van der Waals surface area contributed by atoms with Crippen molar-refractivity contribution in [1.29, 1.82) is 0 Å². The van der Waals surface area contributed by atoms with Gasteiger partial charge in [-0.1, -0.05) is 12.2 Å². The van der Waals surface area contributed by atoms with Gasteiger partial charge in [-0.05, 0) is 58.7 Å². The molecule has 0 saturated carbocycles. The number of hydrogen-bond acceptors (Lipinski definition) is 4. The van der Waals surface area contributed by atoms with Crippen molar-refractivity contribution in [2.75, 3.05) is 4.72 Å². The SMILES string of the molecule is Cc1cc(S(=O)(=O)Nc2ccc(C(N)=S)cc2)sc1Br. The monoisotopic (exact) mass is 390 g/mol. The first-order valence-corrected chi connectivity index (χ1v) is 8.98. The van der Waals surface area contributed by atoms with Crippen molar-refractivity contribution in [2.45, 2.75) is 11.1 Å². The number of nitrogens with one attached hydrogen (secondary N) is 1. The Hall–Kier alpha value is -0.960. The van der Waals surface area contributed by atoms with Crippen LogP contribution in [0.4, 0.5) is 5.69 Å². The number of nitrogens with two attached hydrogens (primary N) is 1. The first-order chi connectivity index (χ1) is 9.29. The molecule has 0 aliphatic rings. The van der Waals surface area contributed by atoms with Crippen molar-refractivity contribution in [1.82, 2.24) is 0 Å². The number of thiophene rings is 1. The lowest BCUT2D eigenvalue weighted by atomic mass is 10.2. The van der Waals surface area contributed by atoms with Crippen molar-refractivity contribution in [3.63, 3.8) is 0 Å². The van der Waals surface area contributed by atoms with E-state index in [1.54, 1.807) is 30.3 Å². The lowest BCUT2D eigenvalue weighted by Gasteiger charge is -2.06. The molecule has 3 N–H and O–H groups in total. The van der Waals surface area contributed by atoms with Crippen LogP contribution in [0.2, 0.25) is 0 Å². The zero-order chi connectivity index (χ0) is 14.9. The lowest BCUT2D eigenvalue weighted by molar-refractivity contribution is 0.603. The van der Waals surface area contributed by atoms with Gasteiger partial charge in [-0.2, -0.15) is 0 Å². The van der Waals surface area contributed by atoms with E-state index in [-0.39, 0.29) is 9.20 Å². The van der Waals surface area contributed by atoms with Crippen LogP contribution in [0.5, 0.6) is 0 Å². The smallest absolute Gasteiger partial charge is 0.271 e. The molecule has 1 aromatic heterocycles. The summed E-state index contributed by atoms with van der Waals surface area (Å²) in [7, 11) is -3.57. The van der Waals surface area contributed by atoms with Crippen LogP contribution in [0, 0.1) is 6.92 Å². The summed E-state index contributed by atoms with van der Waals surface area (Å²) < 4.78 is 28.0. The molecule has 0 spiro atoms. The second kappa shape index (κ2) is 5.80. The van der Waals surface area contributed by atoms with E-state index in [2.05, 4.69) is 20.7 Å². The minimum absolute atomic E-state index is 0.264. The highest BCUT2D eigenvalue weighted by Gasteiger charge is 2.18. The zero-order valence-electron chi connectivity index (χ0n) is 10.4. The molecular weight excluding hydrogens is 380 g/mol. The summed E-state index contributed by atoms with van der Waals surface area (Å²) in [5, 5.41) is 0. The third kappa shape index (κ3) is 3.38. The second-order valence-electron chi connectivity index (χ2n) is 4.07. The van der Waals surface area contributed by atoms with Gasteiger partial charge in [0, 0.05) is 11.3 Å². The first kappa shape index (κ1) is 15.4. The average Bonchev–Trinajstić information content (AvgIpc) is 2.71. The number of aryl methyl sites for hydroxylation is 1. The fourth-order valence-electron chi connectivity index (χ4n) is 1.47. The van der Waals surface area contributed by atoms with Gasteiger partial charge >= 0.3 is 0 Å². The van der Waals surface area contributed by atoms with Gasteiger partial charge in [0.25, 0.3) is 10.0 Å². The predicted octanol–water partition coefficient (Wildman–Crippen LogP) is 3.25. The van der Waals surface area contributed by atoms with Crippen molar-refractivity contribution in [2.24, 2.45) is 5.73 Å². The third-order valence-electron chi connectivity index (χ3n) is 2.52. The molecule has 106 valence electrons. The number of rotatable bonds is 4. The third-order valence-corrected chi connectivity index (χ3v) is 6.75. The number of halogens is 1. The van der Waals surface area contributed by atoms with E-state index < -0.39 is 10.0 Å². The number of anilines is 1. The summed E-state index contributed by atoms with van der Waals surface area (Å²) in [6.45, 7) is 1.84. The summed E-state index contributed by atoms with van der Waals surface area (Å²) in [5.74, 6) is 0. The van der Waals surface area contributed by atoms with Crippen LogP contribution in [0.15, 0.2) is 38.3 Å². The Morgan fingerprint density at radius 2 is 1.95 bits per heavy atom. The summed E-state index contributed by atoms with van der Waals surface area (Å²) in [5.41, 5.74) is 7.54. The van der Waals surface area contributed by atoms with Crippen molar-refractivity contribution < 1.29 is 8.42 Å². The summed E-state index contributed by atoms with van der Waals surface area (Å²) in [6.07, 6.45) is 0. The molecule has 0 aliphatic heterocycles. The average molecular weight is 391 g/mol. The fourth-order valence-corrected chi connectivity index (χ4v) is 4.89. The molecule has 0 bridgehead atoms. The van der Waals surface area contributed by atoms with E-state index in [0.717, 1.165) is 9.35 Å². The molecule has 1 aromatic carbocycles. The van der Waals surface area contributed by atoms with E-state index in [4.69, 9.17) is 18.0 Å². The molecule has 0 atom stereocenters. The molecule has 2 rings (SSSR count). The normalized spacial score (nSPS) is 11.3. The van der Waals surface area contributed by atoms with Crippen LogP contribution in [-0.4, -0.2) is 13.4 Å². The van der Waals surface area contributed by atoms with E-state index >= 15 is 0 Å². The molecule has 20 heavy (non-hydrogen) atoms. The molecule has 4 nitrogen and oxygen atoms in total. The largest absolute Gasteiger partial charge is 0.389 e. The van der Waals surface area contributed by atoms with Gasteiger partial charge in [0.15, 0.2) is 0 Å². The van der Waals surface area contributed by atoms with E-state index in [9.17, 15) is 8.42 Å². The molecule has 2 aromatic rings. The van der Waals surface area contributed by atoms with Gasteiger partial charge in [-0.15, -0.1) is 11.3 Å². The predicted molar refractivity (Wildman–Crippen MR) is 89.9 cm³/mol. The van der Waals surface area contributed by atoms with Crippen LogP contribution in [0.3, 0.4) is 0 Å². The summed E-state index contributed by atoms with van der Waals surface area (Å²) >= 11 is 9.34. The summed E-state index contributed by atoms with van der Waals surface area (Å²) in [4.78, 5) is 0.275. The highest BCUT2D eigenvalue weighted by molar-refractivity contribution is 9.11. The van der Waals surface area contributed by atoms with Gasteiger partial charge in [-0.25, -0.2) is 8.42 Å². The lowest BCUT2D eigenvalue weighted by Crippen LogP contribution is -2.12. The Morgan fingerprint density at radius 1 is 1.35 bits per heavy atom. The molecule has 0 saturated heterocycles. The topological polar surface area (TPSA) is 72.2 Å². The summed E-state index contributed by atoms with van der Waals surface area (Å²) in [6, 6.07) is 8.23. The maximum atomic E-state index is 12.2. The quantitative estimate of drug-likeness (QED) is 0.785. The number of benzene rings is 1. The maximum absolute atomic E-state index is 12.2. The Balaban J connectivity index is 2.26. The minimum atomic E-state index is -3.57. The highest BCUT2D eigenvalue weighted by atomic mass is 79.9. The van der Waals surface area contributed by atoms with Gasteiger partial charge in [0.05, 0.1) is 3.79 Å². The molecular formula is C12H11BrN2O2S3. The van der Waals surface area contributed by atoms with E-state index in [1.165, 1.54) is 11.3 Å². The van der Waals surface area contributed by atoms with Crippen LogP contribution < -0.4 is 10.5 Å². The molecule has 8 heteroatoms. The molecule has 0 fully saturated rings. The number of thiocarbonyl (C=S) groups is 1. The van der Waals surface area contributed by atoms with Crippen LogP contribution in [0.25, 0.3) is 0 Å². The van der Waals surface area contributed by atoms with Gasteiger partial charge in [0.1, 0.15) is 9.20 Å². The van der Waals surface area contributed by atoms with Gasteiger partial charge in [0.2, 0.25) is 0 Å². The van der Waals surface area contributed by atoms with Crippen molar-refractivity contribution in [3.05, 3.63) is 45.2 Å². The Bertz CT molecular complexity index is 732. The molecule has 0 aliphatic carbocycles. The van der Waals surface area contributed by atoms with E-state index in [1.807, 2.05) is 6.92 Å². The second-order valence-corrected chi connectivity index (χ2v) is 8.79. The molecule has 0 unspecified atom stereocenters. The van der Waals surface area contributed by atoms with Gasteiger partial charge < -0.3 is 5.73 Å². The van der Waals surface area contributed by atoms with Crippen LogP contribution in [0.1, 0.15) is 11.1 Å². The standard InChI is InChI=1S/C12H11BrN2O2S3/c1-7-6-10(19-11(7)13)20(16,17)15-9-4-2-8(3-5-9)12(14)18/h2-6,15H,1H3,(H2,14,18). The van der Waals surface area contributed by atoms with Crippen molar-refractivity contribution in [3.8, 4) is 0 Å². The molecule has 1 heterocycles. The van der Waals surface area contributed by atoms with Crippen molar-refractivity contribution >= 4 is 60.2 Å². The van der Waals surface area contributed by atoms with Crippen LogP contribution in [-0.2, 0) is 10.0 Å². The molecule has 0 radical (unpaired) electrons. The minimum Gasteiger partial charge on any atom is -0.389 e. The maximum Gasteiger partial charge on any atom is 0.271 e. The number of sulfonamides is 1. The molecule has 0 amide bonds. The first-order valence-electron chi connectivity index (χ1n) is 5.48. The van der Waals surface area contributed by atoms with Gasteiger partial charge in [-0.3, -0.25) is 4.72 Å². The van der Waals surface area contributed by atoms with E-state index in [0.29, 0.717) is 11.3 Å². The zero-order valence-corrected chi connectivity index (χ0v) is 14.4.